The Morgan fingerprint density at radius 1 is 1.16 bits per heavy atom. The zero-order chi connectivity index (χ0) is 17.8. The van der Waals surface area contributed by atoms with E-state index >= 15 is 0 Å². The highest BCUT2D eigenvalue weighted by atomic mass is 16.2. The number of likely N-dealkylation sites (tertiary alicyclic amines) is 1. The van der Waals surface area contributed by atoms with Crippen LogP contribution in [0.2, 0.25) is 0 Å². The highest BCUT2D eigenvalue weighted by Crippen LogP contribution is 2.16. The van der Waals surface area contributed by atoms with E-state index in [0.717, 1.165) is 11.1 Å². The van der Waals surface area contributed by atoms with Gasteiger partial charge in [0.1, 0.15) is 5.69 Å². The Bertz CT molecular complexity index is 818. The lowest BCUT2D eigenvalue weighted by Gasteiger charge is -2.32. The van der Waals surface area contributed by atoms with E-state index in [4.69, 9.17) is 0 Å². The number of amides is 2. The van der Waals surface area contributed by atoms with E-state index in [9.17, 15) is 14.4 Å². The fourth-order valence-corrected chi connectivity index (χ4v) is 2.94. The van der Waals surface area contributed by atoms with Crippen molar-refractivity contribution in [3.63, 3.8) is 0 Å². The van der Waals surface area contributed by atoms with Crippen molar-refractivity contribution in [1.29, 1.82) is 0 Å². The number of rotatable bonds is 3. The maximum atomic E-state index is 12.6. The Kier molecular flexibility index (Phi) is 4.92. The third-order valence-corrected chi connectivity index (χ3v) is 4.40. The molecule has 2 aromatic rings. The monoisotopic (exact) mass is 340 g/mol. The molecule has 0 spiro atoms. The van der Waals surface area contributed by atoms with E-state index in [1.807, 2.05) is 36.1 Å². The van der Waals surface area contributed by atoms with Gasteiger partial charge in [0.25, 0.3) is 17.4 Å². The van der Waals surface area contributed by atoms with Crippen LogP contribution in [-0.4, -0.2) is 46.0 Å². The van der Waals surface area contributed by atoms with E-state index in [0.29, 0.717) is 25.9 Å². The molecule has 0 bridgehead atoms. The van der Waals surface area contributed by atoms with E-state index < -0.39 is 0 Å². The number of H-pyrrole nitrogens is 1. The number of aromatic amines is 1. The third-order valence-electron chi connectivity index (χ3n) is 4.40. The van der Waals surface area contributed by atoms with Crippen LogP contribution < -0.4 is 10.9 Å². The zero-order valence-corrected chi connectivity index (χ0v) is 14.0. The lowest BCUT2D eigenvalue weighted by atomic mass is 10.0. The van der Waals surface area contributed by atoms with Crippen molar-refractivity contribution in [2.75, 3.05) is 13.1 Å². The normalized spacial score (nSPS) is 15.0. The summed E-state index contributed by atoms with van der Waals surface area (Å²) in [6.07, 6.45) is 1.37. The topological polar surface area (TPSA) is 95.2 Å². The summed E-state index contributed by atoms with van der Waals surface area (Å²) in [5, 5.41) is 8.87. The number of benzene rings is 1. The van der Waals surface area contributed by atoms with E-state index in [2.05, 4.69) is 15.5 Å². The quantitative estimate of drug-likeness (QED) is 0.875. The van der Waals surface area contributed by atoms with Gasteiger partial charge in [-0.25, -0.2) is 5.10 Å². The van der Waals surface area contributed by atoms with E-state index in [1.54, 1.807) is 0 Å². The molecule has 130 valence electrons. The molecule has 1 aromatic carbocycles. The highest BCUT2D eigenvalue weighted by molar-refractivity contribution is 5.95. The minimum absolute atomic E-state index is 0.0119. The van der Waals surface area contributed by atoms with Crippen LogP contribution in [0.3, 0.4) is 0 Å². The molecule has 1 aromatic heterocycles. The summed E-state index contributed by atoms with van der Waals surface area (Å²) >= 11 is 0. The van der Waals surface area contributed by atoms with Gasteiger partial charge in [-0.05, 0) is 37.5 Å². The largest absolute Gasteiger partial charge is 0.348 e. The number of nitrogens with one attached hydrogen (secondary N) is 2. The lowest BCUT2D eigenvalue weighted by molar-refractivity contribution is 0.0697. The lowest BCUT2D eigenvalue weighted by Crippen LogP contribution is -2.46. The van der Waals surface area contributed by atoms with Crippen molar-refractivity contribution < 1.29 is 9.59 Å². The molecule has 7 heteroatoms. The Labute approximate surface area is 145 Å². The Morgan fingerprint density at radius 2 is 1.88 bits per heavy atom. The Balaban J connectivity index is 1.56. The predicted octanol–water partition coefficient (Wildman–Crippen LogP) is 1.11. The SMILES string of the molecule is Cc1ccccc1C(=O)N1CCC(NC(=O)c2ccc(=O)[nH]n2)CC1. The molecule has 2 N–H and O–H groups in total. The third kappa shape index (κ3) is 3.93. The number of carbonyl (C=O) groups excluding carboxylic acids is 2. The van der Waals surface area contributed by atoms with Crippen molar-refractivity contribution >= 4 is 11.8 Å². The number of piperidine rings is 1. The van der Waals surface area contributed by atoms with Crippen molar-refractivity contribution in [3.8, 4) is 0 Å². The molecule has 2 heterocycles. The van der Waals surface area contributed by atoms with Crippen LogP contribution in [0.25, 0.3) is 0 Å². The number of aryl methyl sites for hydroxylation is 1. The van der Waals surface area contributed by atoms with Crippen LogP contribution in [0, 0.1) is 6.92 Å². The second-order valence-electron chi connectivity index (χ2n) is 6.16. The van der Waals surface area contributed by atoms with Crippen LogP contribution >= 0.6 is 0 Å². The summed E-state index contributed by atoms with van der Waals surface area (Å²) in [4.78, 5) is 37.5. The van der Waals surface area contributed by atoms with E-state index in [-0.39, 0.29) is 29.1 Å². The molecular formula is C18H20N4O3. The molecule has 0 radical (unpaired) electrons. The maximum Gasteiger partial charge on any atom is 0.271 e. The Morgan fingerprint density at radius 3 is 2.52 bits per heavy atom. The van der Waals surface area contributed by atoms with Gasteiger partial charge >= 0.3 is 0 Å². The molecule has 0 atom stereocenters. The first-order valence-corrected chi connectivity index (χ1v) is 8.26. The summed E-state index contributed by atoms with van der Waals surface area (Å²) in [7, 11) is 0. The maximum absolute atomic E-state index is 12.6. The fourth-order valence-electron chi connectivity index (χ4n) is 2.94. The van der Waals surface area contributed by atoms with Crippen LogP contribution in [-0.2, 0) is 0 Å². The van der Waals surface area contributed by atoms with E-state index in [1.165, 1.54) is 12.1 Å². The average Bonchev–Trinajstić information content (AvgIpc) is 2.63. The minimum atomic E-state index is -0.348. The van der Waals surface area contributed by atoms with Crippen LogP contribution in [0.4, 0.5) is 0 Å². The number of hydrogen-bond acceptors (Lipinski definition) is 4. The number of carbonyl (C=O) groups is 2. The molecular weight excluding hydrogens is 320 g/mol. The molecule has 1 aliphatic heterocycles. The summed E-state index contributed by atoms with van der Waals surface area (Å²) < 4.78 is 0. The molecule has 1 fully saturated rings. The van der Waals surface area contributed by atoms with Gasteiger partial charge < -0.3 is 10.2 Å². The van der Waals surface area contributed by atoms with Gasteiger partial charge in [-0.15, -0.1) is 0 Å². The Hall–Kier alpha value is -2.96. The van der Waals surface area contributed by atoms with Crippen molar-refractivity contribution in [2.45, 2.75) is 25.8 Å². The minimum Gasteiger partial charge on any atom is -0.348 e. The van der Waals surface area contributed by atoms with Gasteiger partial charge in [0.2, 0.25) is 0 Å². The molecule has 2 amide bonds. The summed E-state index contributed by atoms with van der Waals surface area (Å²) in [6.45, 7) is 3.12. The molecule has 1 aliphatic rings. The summed E-state index contributed by atoms with van der Waals surface area (Å²) in [5.74, 6) is -0.287. The molecule has 3 rings (SSSR count). The van der Waals surface area contributed by atoms with Gasteiger partial charge in [0.15, 0.2) is 0 Å². The van der Waals surface area contributed by atoms with Gasteiger partial charge in [0.05, 0.1) is 0 Å². The smallest absolute Gasteiger partial charge is 0.271 e. The summed E-state index contributed by atoms with van der Waals surface area (Å²) in [5.41, 5.74) is 1.52. The van der Waals surface area contributed by atoms with Crippen molar-refractivity contribution in [1.82, 2.24) is 20.4 Å². The average molecular weight is 340 g/mol. The van der Waals surface area contributed by atoms with Gasteiger partial charge in [-0.3, -0.25) is 14.4 Å². The second-order valence-corrected chi connectivity index (χ2v) is 6.16. The second kappa shape index (κ2) is 7.29. The van der Waals surface area contributed by atoms with Gasteiger partial charge in [0, 0.05) is 30.8 Å². The van der Waals surface area contributed by atoms with Gasteiger partial charge in [-0.2, -0.15) is 5.10 Å². The number of hydrogen-bond donors (Lipinski definition) is 2. The molecule has 1 saturated heterocycles. The molecule has 25 heavy (non-hydrogen) atoms. The molecule has 0 unspecified atom stereocenters. The highest BCUT2D eigenvalue weighted by Gasteiger charge is 2.25. The first-order valence-electron chi connectivity index (χ1n) is 8.26. The van der Waals surface area contributed by atoms with Crippen molar-refractivity contribution in [3.05, 3.63) is 63.6 Å². The van der Waals surface area contributed by atoms with Gasteiger partial charge in [-0.1, -0.05) is 18.2 Å². The number of aromatic nitrogens is 2. The molecule has 7 nitrogen and oxygen atoms in total. The van der Waals surface area contributed by atoms with Crippen LogP contribution in [0.5, 0.6) is 0 Å². The fraction of sp³-hybridized carbons (Fsp3) is 0.333. The first kappa shape index (κ1) is 16.9. The zero-order valence-electron chi connectivity index (χ0n) is 14.0. The predicted molar refractivity (Wildman–Crippen MR) is 92.4 cm³/mol. The van der Waals surface area contributed by atoms with Crippen LogP contribution in [0.1, 0.15) is 39.3 Å². The summed E-state index contributed by atoms with van der Waals surface area (Å²) in [6, 6.07) is 10.2. The standard InChI is InChI=1S/C18H20N4O3/c1-12-4-2-3-5-14(12)18(25)22-10-8-13(9-11-22)19-17(24)15-6-7-16(23)21-20-15/h2-7,13H,8-11H2,1H3,(H,19,24)(H,21,23). The van der Waals surface area contributed by atoms with Crippen molar-refractivity contribution in [2.24, 2.45) is 0 Å². The molecule has 0 aliphatic carbocycles. The van der Waals surface area contributed by atoms with Crippen LogP contribution in [0.15, 0.2) is 41.2 Å². The molecule has 0 saturated carbocycles. The number of nitrogens with zero attached hydrogens (tertiary/aromatic N) is 2. The first-order chi connectivity index (χ1) is 12.0.